The number of ether oxygens (including phenoxy) is 4. The van der Waals surface area contributed by atoms with E-state index in [1.165, 1.54) is 45.2 Å². The molecule has 5 saturated carbocycles. The first-order valence-electron chi connectivity index (χ1n) is 21.4. The predicted octanol–water partition coefficient (Wildman–Crippen LogP) is 6.24. The molecule has 13 atom stereocenters. The zero-order valence-corrected chi connectivity index (χ0v) is 33.7. The van der Waals surface area contributed by atoms with Crippen LogP contribution in [-0.2, 0) is 28.5 Å². The molecular formula is C43H70N2O7. The number of hydrogen-bond acceptors (Lipinski definition) is 9. The van der Waals surface area contributed by atoms with Crippen LogP contribution in [0.5, 0.6) is 0 Å². The molecule has 8 rings (SSSR count). The van der Waals surface area contributed by atoms with Crippen molar-refractivity contribution in [2.45, 2.75) is 162 Å². The monoisotopic (exact) mass is 727 g/mol. The standard InChI is InChI=1S/C43H70N2O7/c1-9-32(46)52-37(39(5,6)48)28-24-27(2)34-35(50-28)36(47)41(8)30-13-12-29-38(3,4)31(14-15-42(29)26-43(30,42)17-16-40(34,41)7)51-33-25-45(22-23-49-33)21-20-44-18-10-11-19-44/h27-31,33-35,37,48H,9-26H2,1-8H3. The molecule has 3 aliphatic heterocycles. The molecule has 52 heavy (non-hydrogen) atoms. The Labute approximate surface area is 313 Å². The minimum Gasteiger partial charge on any atom is -0.457 e. The van der Waals surface area contributed by atoms with E-state index in [-0.39, 0.29) is 64.1 Å². The lowest BCUT2D eigenvalue weighted by atomic mass is 9.41. The predicted molar refractivity (Wildman–Crippen MR) is 198 cm³/mol. The molecule has 0 radical (unpaired) electrons. The maximum atomic E-state index is 15.1. The summed E-state index contributed by atoms with van der Waals surface area (Å²) in [7, 11) is 0. The van der Waals surface area contributed by atoms with Gasteiger partial charge in [-0.15, -0.1) is 0 Å². The summed E-state index contributed by atoms with van der Waals surface area (Å²) < 4.78 is 25.9. The van der Waals surface area contributed by atoms with E-state index in [0.29, 0.717) is 18.3 Å². The Morgan fingerprint density at radius 3 is 2.38 bits per heavy atom. The third kappa shape index (κ3) is 5.49. The zero-order chi connectivity index (χ0) is 37.1. The van der Waals surface area contributed by atoms with Crippen molar-refractivity contribution in [1.29, 1.82) is 0 Å². The molecule has 8 fully saturated rings. The molecule has 2 spiro atoms. The third-order valence-electron chi connectivity index (χ3n) is 17.4. The van der Waals surface area contributed by atoms with Crippen molar-refractivity contribution < 1.29 is 33.6 Å². The van der Waals surface area contributed by atoms with Crippen LogP contribution in [0.25, 0.3) is 0 Å². The molecule has 13 unspecified atom stereocenters. The number of nitrogens with zero attached hydrogens (tertiary/aromatic N) is 2. The molecule has 5 aliphatic carbocycles. The van der Waals surface area contributed by atoms with Crippen LogP contribution >= 0.6 is 0 Å². The first-order valence-corrected chi connectivity index (χ1v) is 21.4. The van der Waals surface area contributed by atoms with Crippen molar-refractivity contribution in [2.24, 2.45) is 50.7 Å². The summed E-state index contributed by atoms with van der Waals surface area (Å²) in [6.45, 7) is 24.5. The van der Waals surface area contributed by atoms with Crippen molar-refractivity contribution in [3.8, 4) is 0 Å². The maximum Gasteiger partial charge on any atom is 0.305 e. The van der Waals surface area contributed by atoms with E-state index in [1.54, 1.807) is 20.8 Å². The van der Waals surface area contributed by atoms with Crippen LogP contribution < -0.4 is 0 Å². The molecule has 0 aromatic carbocycles. The summed E-state index contributed by atoms with van der Waals surface area (Å²) in [5.41, 5.74) is -1.37. The molecule has 0 aromatic rings. The Bertz CT molecular complexity index is 1390. The van der Waals surface area contributed by atoms with Gasteiger partial charge in [0.1, 0.15) is 6.10 Å². The SMILES string of the molecule is CCC(=O)OC(C1CC(C)C2C(O1)C(=O)C1(C)C3CCC4C(C)(C)C(OC5CN(CCN6CCCC6)CCO5)CCC45CC35CCC21C)C(C)(C)O. The van der Waals surface area contributed by atoms with Gasteiger partial charge in [0.25, 0.3) is 0 Å². The van der Waals surface area contributed by atoms with E-state index in [2.05, 4.69) is 44.4 Å². The fourth-order valence-corrected chi connectivity index (χ4v) is 14.8. The second kappa shape index (κ2) is 13.0. The second-order valence-corrected chi connectivity index (χ2v) is 20.5. The number of rotatable bonds is 9. The van der Waals surface area contributed by atoms with Crippen LogP contribution in [0.15, 0.2) is 0 Å². The Kier molecular flexibility index (Phi) is 9.43. The summed E-state index contributed by atoms with van der Waals surface area (Å²) in [5.74, 6) is 1.20. The van der Waals surface area contributed by atoms with Gasteiger partial charge in [0.05, 0.1) is 24.4 Å². The topological polar surface area (TPSA) is 97.8 Å². The van der Waals surface area contributed by atoms with Gasteiger partial charge < -0.3 is 29.0 Å². The summed E-state index contributed by atoms with van der Waals surface area (Å²) in [6, 6.07) is 0. The summed E-state index contributed by atoms with van der Waals surface area (Å²) in [5, 5.41) is 11.1. The first kappa shape index (κ1) is 37.8. The van der Waals surface area contributed by atoms with Gasteiger partial charge in [0, 0.05) is 43.9 Å². The number of likely N-dealkylation sites (tertiary alicyclic amines) is 1. The van der Waals surface area contributed by atoms with Crippen LogP contribution in [0.4, 0.5) is 0 Å². The summed E-state index contributed by atoms with van der Waals surface area (Å²) >= 11 is 0. The number of morpholine rings is 1. The fraction of sp³-hybridized carbons (Fsp3) is 0.953. The van der Waals surface area contributed by atoms with Crippen molar-refractivity contribution in [2.75, 3.05) is 45.9 Å². The van der Waals surface area contributed by atoms with Crippen LogP contribution in [-0.4, -0.2) is 109 Å². The van der Waals surface area contributed by atoms with Crippen molar-refractivity contribution in [3.05, 3.63) is 0 Å². The molecule has 294 valence electrons. The molecule has 1 N–H and O–H groups in total. The van der Waals surface area contributed by atoms with Crippen LogP contribution in [0.1, 0.15) is 126 Å². The van der Waals surface area contributed by atoms with Crippen LogP contribution in [0.2, 0.25) is 0 Å². The maximum absolute atomic E-state index is 15.1. The van der Waals surface area contributed by atoms with Gasteiger partial charge in [0.15, 0.2) is 18.2 Å². The largest absolute Gasteiger partial charge is 0.457 e. The lowest BCUT2D eigenvalue weighted by molar-refractivity contribution is -0.247. The first-order chi connectivity index (χ1) is 24.5. The van der Waals surface area contributed by atoms with E-state index in [9.17, 15) is 9.90 Å². The number of ketones is 1. The second-order valence-electron chi connectivity index (χ2n) is 20.5. The zero-order valence-electron chi connectivity index (χ0n) is 33.7. The van der Waals surface area contributed by atoms with E-state index in [1.807, 2.05) is 0 Å². The highest BCUT2D eigenvalue weighted by atomic mass is 16.7. The van der Waals surface area contributed by atoms with Gasteiger partial charge >= 0.3 is 5.97 Å². The van der Waals surface area contributed by atoms with Gasteiger partial charge in [-0.3, -0.25) is 14.5 Å². The van der Waals surface area contributed by atoms with Crippen LogP contribution in [0, 0.1) is 50.7 Å². The van der Waals surface area contributed by atoms with Gasteiger partial charge in [-0.25, -0.2) is 0 Å². The molecular weight excluding hydrogens is 656 g/mol. The van der Waals surface area contributed by atoms with Crippen molar-refractivity contribution >= 4 is 11.8 Å². The Morgan fingerprint density at radius 1 is 0.981 bits per heavy atom. The van der Waals surface area contributed by atoms with Gasteiger partial charge in [0.2, 0.25) is 0 Å². The minimum absolute atomic E-state index is 0.0378. The highest BCUT2D eigenvalue weighted by Gasteiger charge is 2.85. The number of hydrogen-bond donors (Lipinski definition) is 1. The Balaban J connectivity index is 0.984. The van der Waals surface area contributed by atoms with Gasteiger partial charge in [-0.05, 0) is 131 Å². The average Bonchev–Trinajstić information content (AvgIpc) is 3.36. The van der Waals surface area contributed by atoms with E-state index in [4.69, 9.17) is 18.9 Å². The highest BCUT2D eigenvalue weighted by molar-refractivity contribution is 5.93. The van der Waals surface area contributed by atoms with Gasteiger partial charge in [-0.1, -0.05) is 41.5 Å². The number of fused-ring (bicyclic) bond motifs is 4. The normalized spacial score (nSPS) is 47.8. The molecule has 9 nitrogen and oxygen atoms in total. The summed E-state index contributed by atoms with van der Waals surface area (Å²) in [6.07, 6.45) is 9.74. The van der Waals surface area contributed by atoms with Crippen molar-refractivity contribution in [1.82, 2.24) is 9.80 Å². The Hall–Kier alpha value is -1.10. The molecule has 0 bridgehead atoms. The quantitative estimate of drug-likeness (QED) is 0.277. The highest BCUT2D eigenvalue weighted by Crippen LogP contribution is 2.89. The average molecular weight is 727 g/mol. The number of esters is 1. The smallest absolute Gasteiger partial charge is 0.305 e. The third-order valence-corrected chi connectivity index (χ3v) is 17.4. The number of carbonyl (C=O) groups excluding carboxylic acids is 2. The molecule has 9 heteroatoms. The fourth-order valence-electron chi connectivity index (χ4n) is 14.8. The van der Waals surface area contributed by atoms with Crippen molar-refractivity contribution in [3.63, 3.8) is 0 Å². The number of carbonyl (C=O) groups is 2. The molecule has 0 amide bonds. The number of aliphatic hydroxyl groups is 1. The molecule has 3 heterocycles. The van der Waals surface area contributed by atoms with E-state index in [0.717, 1.165) is 58.5 Å². The van der Waals surface area contributed by atoms with Gasteiger partial charge in [-0.2, -0.15) is 0 Å². The molecule has 0 aromatic heterocycles. The van der Waals surface area contributed by atoms with E-state index >= 15 is 4.79 Å². The lowest BCUT2D eigenvalue weighted by Gasteiger charge is -2.62. The summed E-state index contributed by atoms with van der Waals surface area (Å²) in [4.78, 5) is 32.8. The number of Topliss-reactive ketones (excluding diaryl/α,β-unsaturated/α-hetero) is 1. The molecule has 3 saturated heterocycles. The van der Waals surface area contributed by atoms with Crippen LogP contribution in [0.3, 0.4) is 0 Å². The lowest BCUT2D eigenvalue weighted by Crippen LogP contribution is -2.60. The Morgan fingerprint density at radius 2 is 1.67 bits per heavy atom. The molecule has 8 aliphatic rings. The van der Waals surface area contributed by atoms with E-state index < -0.39 is 29.3 Å². The minimum atomic E-state index is -1.28.